The van der Waals surface area contributed by atoms with E-state index < -0.39 is 11.9 Å². The molecule has 1 amide bonds. The molecule has 25 heavy (non-hydrogen) atoms. The van der Waals surface area contributed by atoms with Gasteiger partial charge in [0.05, 0.1) is 11.9 Å². The van der Waals surface area contributed by atoms with Gasteiger partial charge in [-0.25, -0.2) is 4.68 Å². The van der Waals surface area contributed by atoms with Gasteiger partial charge in [0.25, 0.3) is 5.91 Å². The number of amides is 1. The molecule has 0 aliphatic carbocycles. The molecule has 136 valence electrons. The largest absolute Gasteiger partial charge is 0.433 e. The van der Waals surface area contributed by atoms with Gasteiger partial charge in [-0.15, -0.1) is 12.4 Å². The van der Waals surface area contributed by atoms with E-state index in [2.05, 4.69) is 15.7 Å². The minimum atomic E-state index is -4.51. The maximum Gasteiger partial charge on any atom is 0.433 e. The van der Waals surface area contributed by atoms with Crippen LogP contribution in [0.1, 0.15) is 28.9 Å². The van der Waals surface area contributed by atoms with Crippen molar-refractivity contribution in [1.82, 2.24) is 20.4 Å². The summed E-state index contributed by atoms with van der Waals surface area (Å²) in [6.07, 6.45) is -1.75. The molecule has 1 aromatic carbocycles. The van der Waals surface area contributed by atoms with Crippen LogP contribution in [0.15, 0.2) is 36.5 Å². The fourth-order valence-electron chi connectivity index (χ4n) is 2.74. The lowest BCUT2D eigenvalue weighted by atomic mass is 10.1. The first-order valence-electron chi connectivity index (χ1n) is 7.68. The fourth-order valence-corrected chi connectivity index (χ4v) is 2.74. The third kappa shape index (κ3) is 4.52. The molecule has 0 atom stereocenters. The highest BCUT2D eigenvalue weighted by Crippen LogP contribution is 2.30. The van der Waals surface area contributed by atoms with E-state index in [0.717, 1.165) is 42.9 Å². The van der Waals surface area contributed by atoms with Crippen LogP contribution in [0, 0.1) is 0 Å². The van der Waals surface area contributed by atoms with Crippen molar-refractivity contribution >= 4 is 18.3 Å². The number of alkyl halides is 3. The monoisotopic (exact) mass is 374 g/mol. The van der Waals surface area contributed by atoms with Gasteiger partial charge in [-0.05, 0) is 50.2 Å². The highest BCUT2D eigenvalue weighted by molar-refractivity contribution is 5.94. The van der Waals surface area contributed by atoms with Crippen LogP contribution < -0.4 is 10.6 Å². The summed E-state index contributed by atoms with van der Waals surface area (Å²) in [6, 6.07) is 7.02. The second kappa shape index (κ2) is 7.88. The second-order valence-electron chi connectivity index (χ2n) is 5.67. The van der Waals surface area contributed by atoms with Gasteiger partial charge in [-0.3, -0.25) is 4.79 Å². The molecule has 0 radical (unpaired) electrons. The van der Waals surface area contributed by atoms with Crippen molar-refractivity contribution in [2.24, 2.45) is 0 Å². The Balaban J connectivity index is 0.00000225. The summed E-state index contributed by atoms with van der Waals surface area (Å²) >= 11 is 0. The molecule has 2 N–H and O–H groups in total. The Morgan fingerprint density at radius 2 is 1.96 bits per heavy atom. The number of piperidine rings is 1. The molecule has 1 fully saturated rings. The fraction of sp³-hybridized carbons (Fsp3) is 0.375. The highest BCUT2D eigenvalue weighted by atomic mass is 35.5. The van der Waals surface area contributed by atoms with Crippen LogP contribution in [0.5, 0.6) is 0 Å². The van der Waals surface area contributed by atoms with Crippen molar-refractivity contribution in [1.29, 1.82) is 0 Å². The Bertz CT molecular complexity index is 726. The van der Waals surface area contributed by atoms with Gasteiger partial charge in [-0.1, -0.05) is 6.07 Å². The highest BCUT2D eigenvalue weighted by Gasteiger charge is 2.35. The third-order valence-corrected chi connectivity index (χ3v) is 3.96. The van der Waals surface area contributed by atoms with E-state index in [-0.39, 0.29) is 30.0 Å². The Morgan fingerprint density at radius 1 is 1.24 bits per heavy atom. The van der Waals surface area contributed by atoms with Crippen LogP contribution in [-0.4, -0.2) is 34.8 Å². The first-order valence-corrected chi connectivity index (χ1v) is 7.68. The topological polar surface area (TPSA) is 59.0 Å². The predicted octanol–water partition coefficient (Wildman–Crippen LogP) is 2.79. The molecule has 5 nitrogen and oxygen atoms in total. The lowest BCUT2D eigenvalue weighted by molar-refractivity contribution is -0.142. The van der Waals surface area contributed by atoms with Gasteiger partial charge >= 0.3 is 6.18 Å². The van der Waals surface area contributed by atoms with Crippen LogP contribution in [0.4, 0.5) is 13.2 Å². The summed E-state index contributed by atoms with van der Waals surface area (Å²) in [4.78, 5) is 12.3. The van der Waals surface area contributed by atoms with E-state index in [1.807, 2.05) is 0 Å². The number of carbonyl (C=O) groups excluding carboxylic acids is 1. The van der Waals surface area contributed by atoms with Gasteiger partial charge < -0.3 is 10.6 Å². The molecule has 2 aromatic rings. The van der Waals surface area contributed by atoms with Crippen LogP contribution in [0.2, 0.25) is 0 Å². The van der Waals surface area contributed by atoms with Crippen molar-refractivity contribution in [2.45, 2.75) is 25.1 Å². The zero-order chi connectivity index (χ0) is 17.2. The number of halogens is 4. The lowest BCUT2D eigenvalue weighted by Gasteiger charge is -2.23. The Morgan fingerprint density at radius 3 is 2.64 bits per heavy atom. The number of carbonyl (C=O) groups is 1. The van der Waals surface area contributed by atoms with Crippen molar-refractivity contribution < 1.29 is 18.0 Å². The number of nitrogens with one attached hydrogen (secondary N) is 2. The van der Waals surface area contributed by atoms with Crippen molar-refractivity contribution in [3.05, 3.63) is 47.8 Å². The molecule has 0 unspecified atom stereocenters. The van der Waals surface area contributed by atoms with Crippen molar-refractivity contribution in [2.75, 3.05) is 13.1 Å². The smallest absolute Gasteiger partial charge is 0.349 e. The minimum Gasteiger partial charge on any atom is -0.349 e. The molecule has 0 bridgehead atoms. The Labute approximate surface area is 149 Å². The molecule has 2 heterocycles. The number of hydrogen-bond acceptors (Lipinski definition) is 3. The molecule has 3 rings (SSSR count). The Kier molecular flexibility index (Phi) is 6.07. The normalized spacial score (nSPS) is 15.5. The molecule has 9 heteroatoms. The lowest BCUT2D eigenvalue weighted by Crippen LogP contribution is -2.42. The van der Waals surface area contributed by atoms with E-state index in [1.54, 1.807) is 12.1 Å². The molecule has 1 aromatic heterocycles. The molecule has 1 aliphatic heterocycles. The summed E-state index contributed by atoms with van der Waals surface area (Å²) in [5.74, 6) is -0.288. The molecular formula is C16H18ClF3N4O. The number of nitrogens with zero attached hydrogens (tertiary/aromatic N) is 2. The van der Waals surface area contributed by atoms with Crippen LogP contribution in [-0.2, 0) is 6.18 Å². The number of aromatic nitrogens is 2. The van der Waals surface area contributed by atoms with Crippen LogP contribution >= 0.6 is 12.4 Å². The van der Waals surface area contributed by atoms with E-state index in [9.17, 15) is 18.0 Å². The summed E-state index contributed by atoms with van der Waals surface area (Å²) in [7, 11) is 0. The summed E-state index contributed by atoms with van der Waals surface area (Å²) in [5, 5.41) is 9.85. The average molecular weight is 375 g/mol. The maximum atomic E-state index is 13.0. The predicted molar refractivity (Wildman–Crippen MR) is 89.2 cm³/mol. The van der Waals surface area contributed by atoms with Gasteiger partial charge in [-0.2, -0.15) is 18.3 Å². The first-order chi connectivity index (χ1) is 11.4. The average Bonchev–Trinajstić information content (AvgIpc) is 3.06. The summed E-state index contributed by atoms with van der Waals surface area (Å²) in [5.41, 5.74) is -0.363. The first kappa shape index (κ1) is 19.3. The third-order valence-electron chi connectivity index (χ3n) is 3.96. The molecule has 1 aliphatic rings. The molecular weight excluding hydrogens is 357 g/mol. The maximum absolute atomic E-state index is 13.0. The van der Waals surface area contributed by atoms with Crippen LogP contribution in [0.3, 0.4) is 0 Å². The van der Waals surface area contributed by atoms with Gasteiger partial charge in [0, 0.05) is 11.6 Å². The van der Waals surface area contributed by atoms with E-state index in [1.165, 1.54) is 12.1 Å². The summed E-state index contributed by atoms with van der Waals surface area (Å²) < 4.78 is 39.8. The van der Waals surface area contributed by atoms with Crippen molar-refractivity contribution in [3.8, 4) is 5.69 Å². The summed E-state index contributed by atoms with van der Waals surface area (Å²) in [6.45, 7) is 1.68. The molecule has 0 spiro atoms. The number of benzene rings is 1. The van der Waals surface area contributed by atoms with E-state index >= 15 is 0 Å². The Hall–Kier alpha value is -2.06. The van der Waals surface area contributed by atoms with Gasteiger partial charge in [0.1, 0.15) is 5.69 Å². The zero-order valence-electron chi connectivity index (χ0n) is 13.2. The van der Waals surface area contributed by atoms with Crippen molar-refractivity contribution in [3.63, 3.8) is 0 Å². The van der Waals surface area contributed by atoms with E-state index in [0.29, 0.717) is 5.56 Å². The second-order valence-corrected chi connectivity index (χ2v) is 5.67. The minimum absolute atomic E-state index is 0. The number of rotatable bonds is 3. The SMILES string of the molecule is Cl.O=C(NC1CCNCC1)c1cccc(-n2nccc2C(F)(F)F)c1. The molecule has 1 saturated heterocycles. The standard InChI is InChI=1S/C16H17F3N4O.ClH/c17-16(18,19)14-6-9-21-23(14)13-3-1-2-11(10-13)15(24)22-12-4-7-20-8-5-12;/h1-3,6,9-10,12,20H,4-5,7-8H2,(H,22,24);1H. The van der Waals surface area contributed by atoms with Gasteiger partial charge in [0.15, 0.2) is 0 Å². The van der Waals surface area contributed by atoms with Crippen LogP contribution in [0.25, 0.3) is 5.69 Å². The van der Waals surface area contributed by atoms with Gasteiger partial charge in [0.2, 0.25) is 0 Å². The zero-order valence-corrected chi connectivity index (χ0v) is 14.0. The molecule has 0 saturated carbocycles. The van der Waals surface area contributed by atoms with E-state index in [4.69, 9.17) is 0 Å². The quantitative estimate of drug-likeness (QED) is 0.868. The number of hydrogen-bond donors (Lipinski definition) is 2.